The minimum absolute atomic E-state index is 0.0698. The van der Waals surface area contributed by atoms with Crippen molar-refractivity contribution >= 4 is 17.3 Å². The Labute approximate surface area is 189 Å². The lowest BCUT2D eigenvalue weighted by Gasteiger charge is -2.30. The number of anilines is 2. The van der Waals surface area contributed by atoms with Crippen molar-refractivity contribution in [2.24, 2.45) is 0 Å². The minimum Gasteiger partial charge on any atom is -0.477 e. The van der Waals surface area contributed by atoms with Crippen LogP contribution in [0.3, 0.4) is 0 Å². The molecule has 1 aliphatic rings. The minimum atomic E-state index is -0.545. The van der Waals surface area contributed by atoms with Crippen LogP contribution in [0.4, 0.5) is 11.4 Å². The number of aryl methyl sites for hydroxylation is 1. The number of carbonyl (C=O) groups is 1. The summed E-state index contributed by atoms with van der Waals surface area (Å²) in [5.41, 5.74) is 4.79. The number of rotatable bonds is 5. The summed E-state index contributed by atoms with van der Waals surface area (Å²) in [5, 5.41) is 3.05. The van der Waals surface area contributed by atoms with Gasteiger partial charge in [-0.25, -0.2) is 4.98 Å². The van der Waals surface area contributed by atoms with Crippen LogP contribution in [0.5, 0.6) is 5.88 Å². The lowest BCUT2D eigenvalue weighted by molar-refractivity contribution is -0.117. The number of benzene rings is 1. The normalized spacial score (nSPS) is 14.1. The number of amides is 1. The highest BCUT2D eigenvalue weighted by Crippen LogP contribution is 2.30. The second-order valence-corrected chi connectivity index (χ2v) is 9.23. The molecule has 1 aromatic carbocycles. The van der Waals surface area contributed by atoms with E-state index in [0.717, 1.165) is 29.7 Å². The molecule has 1 atom stereocenters. The number of likely N-dealkylation sites (N-methyl/N-ethyl adjacent to an activating group) is 1. The molecule has 2 aromatic heterocycles. The standard InChI is InChI=1S/C26H30N4O2/c1-26(2,3)20-9-11-22(12-10-20)30(4)23(19-7-5-13-27-16-19)24(31)29-21-15-18-8-6-14-32-25(18)28-17-21/h5,7,9-13,15-17,23H,6,8,14H2,1-4H3,(H,29,31). The average Bonchev–Trinajstić information content (AvgIpc) is 2.79. The van der Waals surface area contributed by atoms with Crippen molar-refractivity contribution in [1.82, 2.24) is 9.97 Å². The first-order valence-corrected chi connectivity index (χ1v) is 11.0. The molecule has 0 bridgehead atoms. The molecule has 32 heavy (non-hydrogen) atoms. The summed E-state index contributed by atoms with van der Waals surface area (Å²) in [4.78, 5) is 24.1. The van der Waals surface area contributed by atoms with Crippen LogP contribution in [-0.4, -0.2) is 29.5 Å². The Morgan fingerprint density at radius 3 is 2.62 bits per heavy atom. The molecule has 0 spiro atoms. The Bertz CT molecular complexity index is 1080. The average molecular weight is 431 g/mol. The number of ether oxygens (including phenoxy) is 1. The Morgan fingerprint density at radius 2 is 1.94 bits per heavy atom. The van der Waals surface area contributed by atoms with E-state index in [1.54, 1.807) is 18.6 Å². The second-order valence-electron chi connectivity index (χ2n) is 9.23. The van der Waals surface area contributed by atoms with Gasteiger partial charge in [0.25, 0.3) is 5.91 Å². The fourth-order valence-electron chi connectivity index (χ4n) is 3.95. The molecule has 6 nitrogen and oxygen atoms in total. The van der Waals surface area contributed by atoms with Crippen molar-refractivity contribution in [1.29, 1.82) is 0 Å². The van der Waals surface area contributed by atoms with E-state index in [4.69, 9.17) is 4.74 Å². The molecule has 0 radical (unpaired) electrons. The van der Waals surface area contributed by atoms with E-state index in [-0.39, 0.29) is 11.3 Å². The van der Waals surface area contributed by atoms with Gasteiger partial charge >= 0.3 is 0 Å². The monoisotopic (exact) mass is 430 g/mol. The van der Waals surface area contributed by atoms with Crippen LogP contribution < -0.4 is 15.0 Å². The molecule has 3 aromatic rings. The molecule has 1 unspecified atom stereocenters. The van der Waals surface area contributed by atoms with Crippen molar-refractivity contribution < 1.29 is 9.53 Å². The number of pyridine rings is 2. The topological polar surface area (TPSA) is 67.4 Å². The van der Waals surface area contributed by atoms with E-state index >= 15 is 0 Å². The van der Waals surface area contributed by atoms with Crippen molar-refractivity contribution in [3.63, 3.8) is 0 Å². The molecular weight excluding hydrogens is 400 g/mol. The maximum atomic E-state index is 13.5. The van der Waals surface area contributed by atoms with Gasteiger partial charge in [-0.1, -0.05) is 39.0 Å². The summed E-state index contributed by atoms with van der Waals surface area (Å²) in [6.45, 7) is 7.26. The molecule has 1 N–H and O–H groups in total. The molecule has 0 aliphatic carbocycles. The predicted molar refractivity (Wildman–Crippen MR) is 127 cm³/mol. The van der Waals surface area contributed by atoms with Gasteiger partial charge in [-0.3, -0.25) is 9.78 Å². The Kier molecular flexibility index (Phi) is 6.12. The molecule has 3 heterocycles. The molecule has 4 rings (SSSR count). The molecule has 1 amide bonds. The van der Waals surface area contributed by atoms with E-state index in [1.807, 2.05) is 30.1 Å². The molecular formula is C26H30N4O2. The number of aromatic nitrogens is 2. The number of hydrogen-bond acceptors (Lipinski definition) is 5. The zero-order valence-electron chi connectivity index (χ0n) is 19.1. The highest BCUT2D eigenvalue weighted by atomic mass is 16.5. The first kappa shape index (κ1) is 21.8. The van der Waals surface area contributed by atoms with Gasteiger partial charge < -0.3 is 15.0 Å². The number of nitrogens with one attached hydrogen (secondary N) is 1. The summed E-state index contributed by atoms with van der Waals surface area (Å²) in [5.74, 6) is 0.521. The third kappa shape index (κ3) is 4.74. The molecule has 166 valence electrons. The fraction of sp³-hybridized carbons (Fsp3) is 0.346. The van der Waals surface area contributed by atoms with E-state index < -0.39 is 6.04 Å². The Morgan fingerprint density at radius 1 is 1.16 bits per heavy atom. The zero-order chi connectivity index (χ0) is 22.7. The number of nitrogens with zero attached hydrogens (tertiary/aromatic N) is 3. The van der Waals surface area contributed by atoms with E-state index in [9.17, 15) is 4.79 Å². The first-order chi connectivity index (χ1) is 15.3. The van der Waals surface area contributed by atoms with Crippen molar-refractivity contribution in [3.05, 3.63) is 77.7 Å². The number of fused-ring (bicyclic) bond motifs is 1. The SMILES string of the molecule is CN(c1ccc(C(C)(C)C)cc1)C(C(=O)Nc1cnc2c(c1)CCCO2)c1cccnc1. The van der Waals surface area contributed by atoms with E-state index in [2.05, 4.69) is 60.3 Å². The van der Waals surface area contributed by atoms with Gasteiger partial charge in [0.15, 0.2) is 0 Å². The van der Waals surface area contributed by atoms with Gasteiger partial charge in [-0.2, -0.15) is 0 Å². The zero-order valence-corrected chi connectivity index (χ0v) is 19.1. The lowest BCUT2D eigenvalue weighted by Crippen LogP contribution is -2.35. The highest BCUT2D eigenvalue weighted by Gasteiger charge is 2.27. The highest BCUT2D eigenvalue weighted by molar-refractivity contribution is 5.97. The lowest BCUT2D eigenvalue weighted by atomic mass is 9.87. The summed E-state index contributed by atoms with van der Waals surface area (Å²) in [6, 6.07) is 13.6. The van der Waals surface area contributed by atoms with Crippen LogP contribution in [0.25, 0.3) is 0 Å². The molecule has 1 aliphatic heterocycles. The Balaban J connectivity index is 1.61. The number of carbonyl (C=O) groups excluding carboxylic acids is 1. The molecule has 0 saturated heterocycles. The van der Waals surface area contributed by atoms with Gasteiger partial charge in [-0.15, -0.1) is 0 Å². The predicted octanol–water partition coefficient (Wildman–Crippen LogP) is 4.92. The first-order valence-electron chi connectivity index (χ1n) is 11.0. The van der Waals surface area contributed by atoms with Gasteiger partial charge in [0, 0.05) is 36.3 Å². The molecule has 6 heteroatoms. The van der Waals surface area contributed by atoms with E-state index in [1.165, 1.54) is 5.56 Å². The van der Waals surface area contributed by atoms with Crippen LogP contribution in [0.2, 0.25) is 0 Å². The second kappa shape index (κ2) is 8.99. The van der Waals surface area contributed by atoms with Crippen molar-refractivity contribution in [3.8, 4) is 5.88 Å². The summed E-state index contributed by atoms with van der Waals surface area (Å²) in [7, 11) is 1.93. The van der Waals surface area contributed by atoms with Crippen LogP contribution in [0.1, 0.15) is 49.9 Å². The molecule has 0 saturated carbocycles. The van der Waals surface area contributed by atoms with Gasteiger partial charge in [-0.05, 0) is 48.1 Å². The smallest absolute Gasteiger partial charge is 0.251 e. The van der Waals surface area contributed by atoms with Crippen LogP contribution >= 0.6 is 0 Å². The quantitative estimate of drug-likeness (QED) is 0.623. The van der Waals surface area contributed by atoms with Gasteiger partial charge in [0.2, 0.25) is 5.88 Å². The number of hydrogen-bond donors (Lipinski definition) is 1. The van der Waals surface area contributed by atoms with Crippen molar-refractivity contribution in [2.45, 2.75) is 45.1 Å². The van der Waals surface area contributed by atoms with Gasteiger partial charge in [0.05, 0.1) is 18.5 Å². The maximum Gasteiger partial charge on any atom is 0.251 e. The third-order valence-electron chi connectivity index (χ3n) is 5.80. The fourth-order valence-corrected chi connectivity index (χ4v) is 3.95. The van der Waals surface area contributed by atoms with Crippen LogP contribution in [-0.2, 0) is 16.6 Å². The summed E-state index contributed by atoms with van der Waals surface area (Å²) in [6.07, 6.45) is 6.96. The van der Waals surface area contributed by atoms with Crippen LogP contribution in [0.15, 0.2) is 61.1 Å². The van der Waals surface area contributed by atoms with E-state index in [0.29, 0.717) is 18.2 Å². The largest absolute Gasteiger partial charge is 0.477 e. The summed E-state index contributed by atoms with van der Waals surface area (Å²) >= 11 is 0. The third-order valence-corrected chi connectivity index (χ3v) is 5.80. The molecule has 0 fully saturated rings. The Hall–Kier alpha value is -3.41. The van der Waals surface area contributed by atoms with Crippen LogP contribution in [0, 0.1) is 0 Å². The van der Waals surface area contributed by atoms with Crippen molar-refractivity contribution in [2.75, 3.05) is 23.9 Å². The maximum absolute atomic E-state index is 13.5. The van der Waals surface area contributed by atoms with Gasteiger partial charge in [0.1, 0.15) is 6.04 Å². The summed E-state index contributed by atoms with van der Waals surface area (Å²) < 4.78 is 5.59.